The van der Waals surface area contributed by atoms with Crippen LogP contribution in [0.5, 0.6) is 0 Å². The minimum atomic E-state index is -2.85. The summed E-state index contributed by atoms with van der Waals surface area (Å²) >= 11 is 0. The van der Waals surface area contributed by atoms with Gasteiger partial charge in [-0.05, 0) is 12.1 Å². The molecule has 1 fully saturated rings. The quantitative estimate of drug-likeness (QED) is 0.704. The molecule has 1 aromatic carbocycles. The van der Waals surface area contributed by atoms with Gasteiger partial charge >= 0.3 is 7.52 Å². The summed E-state index contributed by atoms with van der Waals surface area (Å²) in [6.07, 6.45) is 0. The highest BCUT2D eigenvalue weighted by molar-refractivity contribution is 7.65. The average molecular weight is 212 g/mol. The lowest BCUT2D eigenvalue weighted by molar-refractivity contribution is 0.167. The van der Waals surface area contributed by atoms with Gasteiger partial charge in [0.1, 0.15) is 0 Å². The third-order valence-corrected chi connectivity index (χ3v) is 4.23. The monoisotopic (exact) mass is 212 g/mol. The van der Waals surface area contributed by atoms with Gasteiger partial charge in [0.2, 0.25) is 0 Å². The van der Waals surface area contributed by atoms with Crippen LogP contribution >= 0.6 is 7.52 Å². The van der Waals surface area contributed by atoms with Gasteiger partial charge in [-0.2, -0.15) is 5.20 Å². The Labute approximate surface area is 83.3 Å². The van der Waals surface area contributed by atoms with E-state index in [9.17, 15) is 4.57 Å². The normalized spacial score (nSPS) is 28.9. The Morgan fingerprint density at radius 3 is 2.79 bits per heavy atom. The third kappa shape index (κ3) is 1.88. The topological polar surface area (TPSA) is 41.6 Å². The molecule has 0 unspecified atom stereocenters. The molecule has 1 aliphatic rings. The largest absolute Gasteiger partial charge is 0.313 e. The fraction of sp³-hybridized carbons (Fsp3) is 0.333. The third-order valence-electron chi connectivity index (χ3n) is 2.10. The second-order valence-electron chi connectivity index (χ2n) is 3.24. The van der Waals surface area contributed by atoms with Crippen molar-refractivity contribution in [3.63, 3.8) is 0 Å². The van der Waals surface area contributed by atoms with Crippen molar-refractivity contribution in [2.24, 2.45) is 0 Å². The molecule has 0 amide bonds. The fourth-order valence-corrected chi connectivity index (χ4v) is 3.14. The van der Waals surface area contributed by atoms with Crippen LogP contribution in [0.2, 0.25) is 0 Å². The van der Waals surface area contributed by atoms with E-state index in [1.165, 1.54) is 0 Å². The molecule has 1 aromatic rings. The van der Waals surface area contributed by atoms with Crippen molar-refractivity contribution in [1.29, 1.82) is 0 Å². The van der Waals surface area contributed by atoms with Gasteiger partial charge in [0.15, 0.2) is 0 Å². The first-order chi connectivity index (χ1) is 6.71. The maximum Gasteiger partial charge on any atom is 0.313 e. The second kappa shape index (κ2) is 3.83. The van der Waals surface area contributed by atoms with Crippen LogP contribution in [0.25, 0.3) is 0 Å². The summed E-state index contributed by atoms with van der Waals surface area (Å²) in [4.78, 5) is 0. The number of nitrogens with one attached hydrogen (secondary N) is 1. The minimum Gasteiger partial charge on any atom is -0.312 e. The molecule has 76 valence electrons. The molecule has 0 spiro atoms. The van der Waals surface area contributed by atoms with E-state index < -0.39 is 7.52 Å². The van der Waals surface area contributed by atoms with Crippen LogP contribution in [-0.2, 0) is 9.09 Å². The SMILES string of the molecule is CN1CCO[P@@](=O)(c2ccccc2)N1. The van der Waals surface area contributed by atoms with Gasteiger partial charge in [-0.1, -0.05) is 18.2 Å². The van der Waals surface area contributed by atoms with Crippen LogP contribution in [0, 0.1) is 0 Å². The van der Waals surface area contributed by atoms with Crippen LogP contribution in [0.4, 0.5) is 0 Å². The molecule has 0 aromatic heterocycles. The van der Waals surface area contributed by atoms with Crippen LogP contribution in [-0.4, -0.2) is 25.2 Å². The molecule has 1 saturated heterocycles. The number of hydrazine groups is 1. The van der Waals surface area contributed by atoms with Gasteiger partial charge in [0.05, 0.1) is 11.9 Å². The van der Waals surface area contributed by atoms with Crippen LogP contribution in [0.15, 0.2) is 30.3 Å². The highest BCUT2D eigenvalue weighted by atomic mass is 31.2. The Kier molecular flexibility index (Phi) is 2.70. The molecule has 1 atom stereocenters. The molecule has 2 rings (SSSR count). The molecule has 1 heterocycles. The predicted molar refractivity (Wildman–Crippen MR) is 55.4 cm³/mol. The van der Waals surface area contributed by atoms with E-state index in [2.05, 4.69) is 5.20 Å². The van der Waals surface area contributed by atoms with Crippen molar-refractivity contribution in [2.45, 2.75) is 0 Å². The molecule has 4 nitrogen and oxygen atoms in total. The van der Waals surface area contributed by atoms with E-state index in [0.717, 1.165) is 6.54 Å². The molecule has 1 N–H and O–H groups in total. The summed E-state index contributed by atoms with van der Waals surface area (Å²) in [5.41, 5.74) is 0. The molecule has 5 heteroatoms. The van der Waals surface area contributed by atoms with Crippen molar-refractivity contribution in [3.8, 4) is 0 Å². The van der Waals surface area contributed by atoms with Crippen LogP contribution < -0.4 is 10.5 Å². The van der Waals surface area contributed by atoms with Gasteiger partial charge in [0.25, 0.3) is 0 Å². The van der Waals surface area contributed by atoms with Gasteiger partial charge in [-0.3, -0.25) is 4.57 Å². The Hall–Kier alpha value is -0.670. The molecule has 1 aliphatic heterocycles. The van der Waals surface area contributed by atoms with E-state index in [1.807, 2.05) is 37.4 Å². The summed E-state index contributed by atoms with van der Waals surface area (Å²) in [7, 11) is -0.987. The molecule has 0 aliphatic carbocycles. The highest BCUT2D eigenvalue weighted by Gasteiger charge is 2.30. The zero-order valence-corrected chi connectivity index (χ0v) is 8.91. The Morgan fingerprint density at radius 2 is 2.14 bits per heavy atom. The van der Waals surface area contributed by atoms with Crippen molar-refractivity contribution in [2.75, 3.05) is 20.2 Å². The second-order valence-corrected chi connectivity index (χ2v) is 5.32. The molecular formula is C9H13N2O2P. The van der Waals surface area contributed by atoms with E-state index in [4.69, 9.17) is 4.52 Å². The first-order valence-corrected chi connectivity index (χ1v) is 6.12. The molecule has 0 saturated carbocycles. The number of nitrogens with zero attached hydrogens (tertiary/aromatic N) is 1. The summed E-state index contributed by atoms with van der Waals surface area (Å²) in [6, 6.07) is 9.23. The lowest BCUT2D eigenvalue weighted by Gasteiger charge is -2.31. The highest BCUT2D eigenvalue weighted by Crippen LogP contribution is 2.42. The summed E-state index contributed by atoms with van der Waals surface area (Å²) in [5.74, 6) is 0. The average Bonchev–Trinajstić information content (AvgIpc) is 2.19. The zero-order chi connectivity index (χ0) is 10.0. The van der Waals surface area contributed by atoms with E-state index in [1.54, 1.807) is 5.01 Å². The lowest BCUT2D eigenvalue weighted by atomic mass is 10.4. The maximum absolute atomic E-state index is 12.3. The molecule has 0 radical (unpaired) electrons. The van der Waals surface area contributed by atoms with E-state index in [0.29, 0.717) is 11.9 Å². The minimum absolute atomic E-state index is 0.496. The van der Waals surface area contributed by atoms with Gasteiger partial charge in [-0.15, -0.1) is 0 Å². The van der Waals surface area contributed by atoms with Crippen molar-refractivity contribution >= 4 is 12.8 Å². The first-order valence-electron chi connectivity index (χ1n) is 4.50. The van der Waals surface area contributed by atoms with E-state index in [-0.39, 0.29) is 0 Å². The Bertz CT molecular complexity index is 355. The summed E-state index contributed by atoms with van der Waals surface area (Å²) < 4.78 is 17.6. The summed E-state index contributed by atoms with van der Waals surface area (Å²) in [6.45, 7) is 1.24. The number of benzene rings is 1. The smallest absolute Gasteiger partial charge is 0.312 e. The van der Waals surface area contributed by atoms with E-state index >= 15 is 0 Å². The molecular weight excluding hydrogens is 199 g/mol. The van der Waals surface area contributed by atoms with Crippen molar-refractivity contribution < 1.29 is 9.09 Å². The number of likely N-dealkylation sites (N-methyl/N-ethyl adjacent to an activating group) is 1. The standard InChI is InChI=1S/C9H13N2O2P/c1-11-7-8-13-14(12,10-11)9-5-3-2-4-6-9/h2-6H,7-8H2,1H3,(H,10,12)/t14-/m0/s1. The fourth-order valence-electron chi connectivity index (χ4n) is 1.37. The number of rotatable bonds is 1. The first kappa shape index (κ1) is 9.87. The molecule has 0 bridgehead atoms. The van der Waals surface area contributed by atoms with Gasteiger partial charge in [-0.25, -0.2) is 5.01 Å². The van der Waals surface area contributed by atoms with Gasteiger partial charge < -0.3 is 4.52 Å². The van der Waals surface area contributed by atoms with Crippen molar-refractivity contribution in [3.05, 3.63) is 30.3 Å². The summed E-state index contributed by atoms with van der Waals surface area (Å²) in [5, 5.41) is 5.39. The van der Waals surface area contributed by atoms with Crippen LogP contribution in [0.3, 0.4) is 0 Å². The zero-order valence-electron chi connectivity index (χ0n) is 8.01. The molecule has 14 heavy (non-hydrogen) atoms. The van der Waals surface area contributed by atoms with Gasteiger partial charge in [0, 0.05) is 13.6 Å². The predicted octanol–water partition coefficient (Wildman–Crippen LogP) is 0.972. The van der Waals surface area contributed by atoms with Crippen LogP contribution in [0.1, 0.15) is 0 Å². The maximum atomic E-state index is 12.3. The number of hydrogen-bond acceptors (Lipinski definition) is 3. The number of hydrogen-bond donors (Lipinski definition) is 1. The Morgan fingerprint density at radius 1 is 1.43 bits per heavy atom. The van der Waals surface area contributed by atoms with Crippen molar-refractivity contribution in [1.82, 2.24) is 10.2 Å². The Balaban J connectivity index is 2.28. The lowest BCUT2D eigenvalue weighted by Crippen LogP contribution is -2.42.